The highest BCUT2D eigenvalue weighted by Crippen LogP contribution is 2.23. The van der Waals surface area contributed by atoms with Crippen LogP contribution in [-0.2, 0) is 6.61 Å². The largest absolute Gasteiger partial charge is 0.487 e. The molecule has 0 saturated heterocycles. The first-order valence-electron chi connectivity index (χ1n) is 6.63. The molecule has 0 aliphatic heterocycles. The van der Waals surface area contributed by atoms with Crippen molar-refractivity contribution in [2.24, 2.45) is 0 Å². The lowest BCUT2D eigenvalue weighted by atomic mass is 9.99. The van der Waals surface area contributed by atoms with E-state index in [1.54, 1.807) is 12.1 Å². The maximum atomic E-state index is 6.05. The normalized spacial score (nSPS) is 12.2. The molecule has 1 heterocycles. The molecule has 0 saturated carbocycles. The van der Waals surface area contributed by atoms with Crippen LogP contribution in [-0.4, -0.2) is 4.98 Å². The summed E-state index contributed by atoms with van der Waals surface area (Å²) in [6.45, 7) is 4.70. The van der Waals surface area contributed by atoms with E-state index in [4.69, 9.17) is 27.9 Å². The summed E-state index contributed by atoms with van der Waals surface area (Å²) in [6.07, 6.45) is 1.13. The predicted molar refractivity (Wildman–Crippen MR) is 83.7 cm³/mol. The zero-order chi connectivity index (χ0) is 14.5. The van der Waals surface area contributed by atoms with E-state index in [0.29, 0.717) is 28.4 Å². The van der Waals surface area contributed by atoms with Crippen LogP contribution in [0.1, 0.15) is 37.4 Å². The van der Waals surface area contributed by atoms with Crippen LogP contribution < -0.4 is 4.74 Å². The Morgan fingerprint density at radius 2 is 1.80 bits per heavy atom. The lowest BCUT2D eigenvalue weighted by molar-refractivity contribution is 0.301. The number of hydrogen-bond donors (Lipinski definition) is 0. The molecule has 2 aromatic rings. The van der Waals surface area contributed by atoms with Crippen LogP contribution in [0.4, 0.5) is 0 Å². The number of nitrogens with zero attached hydrogens (tertiary/aromatic N) is 1. The second-order valence-electron chi connectivity index (χ2n) is 4.73. The van der Waals surface area contributed by atoms with Gasteiger partial charge in [0.2, 0.25) is 0 Å². The van der Waals surface area contributed by atoms with Crippen LogP contribution in [0.15, 0.2) is 36.4 Å². The second kappa shape index (κ2) is 6.96. The Morgan fingerprint density at radius 1 is 1.10 bits per heavy atom. The molecule has 0 spiro atoms. The highest BCUT2D eigenvalue weighted by Gasteiger charge is 2.06. The van der Waals surface area contributed by atoms with Crippen molar-refractivity contribution in [3.05, 3.63) is 57.8 Å². The van der Waals surface area contributed by atoms with Gasteiger partial charge in [0, 0.05) is 0 Å². The summed E-state index contributed by atoms with van der Waals surface area (Å²) in [5.74, 6) is 1.36. The van der Waals surface area contributed by atoms with Crippen molar-refractivity contribution in [2.45, 2.75) is 32.8 Å². The third-order valence-corrected chi connectivity index (χ3v) is 3.88. The molecule has 2 nitrogen and oxygen atoms in total. The Morgan fingerprint density at radius 3 is 2.45 bits per heavy atom. The average Bonchev–Trinajstić information content (AvgIpc) is 2.48. The molecule has 20 heavy (non-hydrogen) atoms. The molecule has 4 heteroatoms. The van der Waals surface area contributed by atoms with Crippen molar-refractivity contribution in [1.82, 2.24) is 4.98 Å². The first-order valence-corrected chi connectivity index (χ1v) is 7.39. The Kier molecular flexibility index (Phi) is 5.27. The maximum Gasteiger partial charge on any atom is 0.132 e. The molecule has 0 amide bonds. The smallest absolute Gasteiger partial charge is 0.132 e. The summed E-state index contributed by atoms with van der Waals surface area (Å²) in [7, 11) is 0. The molecule has 2 rings (SSSR count). The highest BCUT2D eigenvalue weighted by atomic mass is 35.5. The highest BCUT2D eigenvalue weighted by molar-refractivity contribution is 6.32. The number of pyridine rings is 1. The first kappa shape index (κ1) is 15.1. The van der Waals surface area contributed by atoms with Crippen LogP contribution in [0, 0.1) is 0 Å². The molecule has 1 aromatic carbocycles. The SMILES string of the molecule is CCC(C)c1ccc(OCc2nc(Cl)ccc2Cl)cc1. The third-order valence-electron chi connectivity index (χ3n) is 3.32. The van der Waals surface area contributed by atoms with Crippen molar-refractivity contribution >= 4 is 23.2 Å². The standard InChI is InChI=1S/C16H17Cl2NO/c1-3-11(2)12-4-6-13(7-5-12)20-10-15-14(17)8-9-16(18)19-15/h4-9,11H,3,10H2,1-2H3. The number of ether oxygens (including phenoxy) is 1. The Labute approximate surface area is 129 Å². The topological polar surface area (TPSA) is 22.1 Å². The number of aromatic nitrogens is 1. The van der Waals surface area contributed by atoms with Gasteiger partial charge in [-0.25, -0.2) is 4.98 Å². The molecular weight excluding hydrogens is 293 g/mol. The van der Waals surface area contributed by atoms with Gasteiger partial charge in [0.05, 0.1) is 10.7 Å². The third kappa shape index (κ3) is 3.87. The lowest BCUT2D eigenvalue weighted by Gasteiger charge is -2.11. The summed E-state index contributed by atoms with van der Waals surface area (Å²) >= 11 is 11.9. The van der Waals surface area contributed by atoms with Crippen LogP contribution in [0.3, 0.4) is 0 Å². The molecule has 0 aliphatic carbocycles. The molecule has 0 fully saturated rings. The maximum absolute atomic E-state index is 6.05. The van der Waals surface area contributed by atoms with Crippen molar-refractivity contribution < 1.29 is 4.74 Å². The Hall–Kier alpha value is -1.25. The van der Waals surface area contributed by atoms with Gasteiger partial charge in [0.1, 0.15) is 17.5 Å². The van der Waals surface area contributed by atoms with Crippen molar-refractivity contribution in [1.29, 1.82) is 0 Å². The molecule has 0 aliphatic rings. The van der Waals surface area contributed by atoms with Gasteiger partial charge in [0.15, 0.2) is 0 Å². The van der Waals surface area contributed by atoms with E-state index in [1.807, 2.05) is 12.1 Å². The molecule has 0 bridgehead atoms. The van der Waals surface area contributed by atoms with E-state index in [0.717, 1.165) is 12.2 Å². The quantitative estimate of drug-likeness (QED) is 0.682. The summed E-state index contributed by atoms with van der Waals surface area (Å²) in [4.78, 5) is 4.16. The monoisotopic (exact) mass is 309 g/mol. The Balaban J connectivity index is 2.02. The summed E-state index contributed by atoms with van der Waals surface area (Å²) in [5.41, 5.74) is 1.96. The minimum atomic E-state index is 0.308. The molecule has 0 N–H and O–H groups in total. The Bertz CT molecular complexity index is 569. The van der Waals surface area contributed by atoms with Gasteiger partial charge in [-0.1, -0.05) is 49.2 Å². The summed E-state index contributed by atoms with van der Waals surface area (Å²) in [6, 6.07) is 11.5. The molecule has 1 aromatic heterocycles. The van der Waals surface area contributed by atoms with Crippen molar-refractivity contribution in [3.8, 4) is 5.75 Å². The molecular formula is C16H17Cl2NO. The molecule has 1 unspecified atom stereocenters. The molecule has 0 radical (unpaired) electrons. The number of halogens is 2. The van der Waals surface area contributed by atoms with Crippen LogP contribution >= 0.6 is 23.2 Å². The van der Waals surface area contributed by atoms with Crippen molar-refractivity contribution in [3.63, 3.8) is 0 Å². The van der Waals surface area contributed by atoms with Gasteiger partial charge in [0.25, 0.3) is 0 Å². The fraction of sp³-hybridized carbons (Fsp3) is 0.312. The minimum absolute atomic E-state index is 0.308. The average molecular weight is 310 g/mol. The molecule has 106 valence electrons. The zero-order valence-corrected chi connectivity index (χ0v) is 13.1. The number of hydrogen-bond acceptors (Lipinski definition) is 2. The van der Waals surface area contributed by atoms with Crippen LogP contribution in [0.5, 0.6) is 5.75 Å². The summed E-state index contributed by atoms with van der Waals surface area (Å²) in [5, 5.41) is 0.978. The van der Waals surface area contributed by atoms with Gasteiger partial charge < -0.3 is 4.74 Å². The van der Waals surface area contributed by atoms with E-state index in [1.165, 1.54) is 5.56 Å². The predicted octanol–water partition coefficient (Wildman–Crippen LogP) is 5.48. The van der Waals surface area contributed by atoms with Gasteiger partial charge in [-0.15, -0.1) is 0 Å². The van der Waals surface area contributed by atoms with E-state index in [9.17, 15) is 0 Å². The first-order chi connectivity index (χ1) is 9.60. The fourth-order valence-electron chi connectivity index (χ4n) is 1.84. The van der Waals surface area contributed by atoms with Gasteiger partial charge in [-0.2, -0.15) is 0 Å². The number of rotatable bonds is 5. The van der Waals surface area contributed by atoms with E-state index >= 15 is 0 Å². The number of benzene rings is 1. The van der Waals surface area contributed by atoms with Crippen LogP contribution in [0.2, 0.25) is 10.2 Å². The summed E-state index contributed by atoms with van der Waals surface area (Å²) < 4.78 is 5.69. The van der Waals surface area contributed by atoms with Gasteiger partial charge in [-0.05, 0) is 42.2 Å². The fourth-order valence-corrected chi connectivity index (χ4v) is 2.16. The second-order valence-corrected chi connectivity index (χ2v) is 5.52. The van der Waals surface area contributed by atoms with Gasteiger partial charge in [-0.3, -0.25) is 0 Å². The zero-order valence-electron chi connectivity index (χ0n) is 11.6. The minimum Gasteiger partial charge on any atom is -0.487 e. The lowest BCUT2D eigenvalue weighted by Crippen LogP contribution is -2.00. The van der Waals surface area contributed by atoms with Crippen molar-refractivity contribution in [2.75, 3.05) is 0 Å². The molecule has 1 atom stereocenters. The van der Waals surface area contributed by atoms with Gasteiger partial charge >= 0.3 is 0 Å². The van der Waals surface area contributed by atoms with E-state index in [2.05, 4.69) is 31.0 Å². The van der Waals surface area contributed by atoms with Crippen LogP contribution in [0.25, 0.3) is 0 Å². The van der Waals surface area contributed by atoms with E-state index in [-0.39, 0.29) is 0 Å². The van der Waals surface area contributed by atoms with E-state index < -0.39 is 0 Å².